The molecule has 0 fully saturated rings. The molecule has 0 amide bonds. The third-order valence-electron chi connectivity index (χ3n) is 5.88. The number of imidazole rings is 1. The first-order chi connectivity index (χ1) is 16.2. The second kappa shape index (κ2) is 9.12. The predicted octanol–water partition coefficient (Wildman–Crippen LogP) is 4.03. The molecule has 0 bridgehead atoms. The van der Waals surface area contributed by atoms with E-state index in [-0.39, 0.29) is 11.2 Å². The van der Waals surface area contributed by atoms with Gasteiger partial charge in [-0.15, -0.1) is 0 Å². The number of para-hydroxylation sites is 2. The fraction of sp³-hybridized carbons (Fsp3) is 0.148. The first kappa shape index (κ1) is 20.7. The summed E-state index contributed by atoms with van der Waals surface area (Å²) in [4.78, 5) is 31.3. The van der Waals surface area contributed by atoms with Gasteiger partial charge in [0, 0.05) is 25.5 Å². The maximum atomic E-state index is 13.7. The standard InChI is InChI=1S/C27H24N4O2/c32-26-23-12-5-7-14-25(23)30(17-8-16-29-18-15-28-20-29)27(33)31(26)24-13-6-4-11-22(24)19-21-9-2-1-3-10-21/h1-7,9-15,18,20H,8,16-17,19H2. The Balaban J connectivity index is 1.62. The molecule has 33 heavy (non-hydrogen) atoms. The van der Waals surface area contributed by atoms with Crippen molar-refractivity contribution < 1.29 is 0 Å². The van der Waals surface area contributed by atoms with Crippen LogP contribution in [0.5, 0.6) is 0 Å². The maximum absolute atomic E-state index is 13.7. The largest absolute Gasteiger partial charge is 0.337 e. The van der Waals surface area contributed by atoms with Crippen molar-refractivity contribution in [3.63, 3.8) is 0 Å². The normalized spacial score (nSPS) is 11.2. The molecule has 0 unspecified atom stereocenters. The van der Waals surface area contributed by atoms with Crippen LogP contribution < -0.4 is 11.2 Å². The molecule has 5 aromatic rings. The lowest BCUT2D eigenvalue weighted by atomic mass is 10.0. The third-order valence-corrected chi connectivity index (χ3v) is 5.88. The second-order valence-electron chi connectivity index (χ2n) is 8.04. The fourth-order valence-corrected chi connectivity index (χ4v) is 4.27. The number of fused-ring (bicyclic) bond motifs is 1. The minimum Gasteiger partial charge on any atom is -0.337 e. The van der Waals surface area contributed by atoms with Crippen molar-refractivity contribution in [1.29, 1.82) is 0 Å². The molecule has 3 aromatic carbocycles. The fourth-order valence-electron chi connectivity index (χ4n) is 4.27. The van der Waals surface area contributed by atoms with E-state index in [2.05, 4.69) is 4.98 Å². The Kier molecular flexibility index (Phi) is 5.72. The van der Waals surface area contributed by atoms with E-state index in [9.17, 15) is 9.59 Å². The number of nitrogens with zero attached hydrogens (tertiary/aromatic N) is 4. The van der Waals surface area contributed by atoms with Crippen LogP contribution in [-0.4, -0.2) is 18.7 Å². The van der Waals surface area contributed by atoms with E-state index in [1.165, 1.54) is 4.57 Å². The van der Waals surface area contributed by atoms with Crippen LogP contribution in [0.25, 0.3) is 16.6 Å². The van der Waals surface area contributed by atoms with Crippen molar-refractivity contribution >= 4 is 10.9 Å². The van der Waals surface area contributed by atoms with Crippen molar-refractivity contribution in [2.45, 2.75) is 25.9 Å². The molecule has 164 valence electrons. The lowest BCUT2D eigenvalue weighted by molar-refractivity contribution is 0.549. The van der Waals surface area contributed by atoms with Crippen LogP contribution in [0.4, 0.5) is 0 Å². The predicted molar refractivity (Wildman–Crippen MR) is 130 cm³/mol. The molecule has 0 atom stereocenters. The zero-order valence-corrected chi connectivity index (χ0v) is 18.2. The van der Waals surface area contributed by atoms with Gasteiger partial charge in [-0.05, 0) is 42.2 Å². The van der Waals surface area contributed by atoms with E-state index in [1.807, 2.05) is 83.6 Å². The Morgan fingerprint density at radius 1 is 0.788 bits per heavy atom. The lowest BCUT2D eigenvalue weighted by Crippen LogP contribution is -2.39. The van der Waals surface area contributed by atoms with Gasteiger partial charge in [-0.3, -0.25) is 9.36 Å². The summed E-state index contributed by atoms with van der Waals surface area (Å²) in [5.74, 6) is 0. The van der Waals surface area contributed by atoms with Gasteiger partial charge >= 0.3 is 5.69 Å². The van der Waals surface area contributed by atoms with Gasteiger partial charge in [0.1, 0.15) is 0 Å². The van der Waals surface area contributed by atoms with E-state index in [0.717, 1.165) is 24.1 Å². The van der Waals surface area contributed by atoms with Gasteiger partial charge in [-0.2, -0.15) is 0 Å². The van der Waals surface area contributed by atoms with Crippen molar-refractivity contribution in [2.24, 2.45) is 0 Å². The summed E-state index contributed by atoms with van der Waals surface area (Å²) in [5.41, 5.74) is 2.75. The summed E-state index contributed by atoms with van der Waals surface area (Å²) in [6.07, 6.45) is 6.79. The van der Waals surface area contributed by atoms with Crippen LogP contribution in [0.2, 0.25) is 0 Å². The molecule has 0 aliphatic rings. The van der Waals surface area contributed by atoms with Gasteiger partial charge in [0.05, 0.1) is 22.9 Å². The van der Waals surface area contributed by atoms with Crippen LogP contribution in [0, 0.1) is 0 Å². The Bertz CT molecular complexity index is 1500. The van der Waals surface area contributed by atoms with Crippen molar-refractivity contribution in [3.8, 4) is 5.69 Å². The van der Waals surface area contributed by atoms with Gasteiger partial charge in [0.25, 0.3) is 5.56 Å². The minimum absolute atomic E-state index is 0.290. The zero-order chi connectivity index (χ0) is 22.6. The quantitative estimate of drug-likeness (QED) is 0.387. The summed E-state index contributed by atoms with van der Waals surface area (Å²) >= 11 is 0. The van der Waals surface area contributed by atoms with Crippen molar-refractivity contribution in [2.75, 3.05) is 0 Å². The minimum atomic E-state index is -0.315. The molecule has 0 radical (unpaired) electrons. The van der Waals surface area contributed by atoms with Gasteiger partial charge in [-0.25, -0.2) is 14.3 Å². The average molecular weight is 437 g/mol. The molecule has 0 saturated carbocycles. The van der Waals surface area contributed by atoms with Gasteiger partial charge in [-0.1, -0.05) is 60.7 Å². The Morgan fingerprint density at radius 3 is 2.36 bits per heavy atom. The second-order valence-corrected chi connectivity index (χ2v) is 8.04. The van der Waals surface area contributed by atoms with Crippen LogP contribution in [0.1, 0.15) is 17.5 Å². The van der Waals surface area contributed by atoms with Gasteiger partial charge in [0.15, 0.2) is 0 Å². The lowest BCUT2D eigenvalue weighted by Gasteiger charge is -2.16. The topological polar surface area (TPSA) is 61.8 Å². The van der Waals surface area contributed by atoms with Gasteiger partial charge < -0.3 is 4.57 Å². The molecule has 0 aliphatic heterocycles. The number of aromatic nitrogens is 4. The highest BCUT2D eigenvalue weighted by Gasteiger charge is 2.16. The molecule has 5 rings (SSSR count). The average Bonchev–Trinajstić information content (AvgIpc) is 3.37. The smallest absolute Gasteiger partial charge is 0.336 e. The Labute approximate surface area is 191 Å². The molecule has 6 nitrogen and oxygen atoms in total. The molecule has 6 heteroatoms. The first-order valence-electron chi connectivity index (χ1n) is 11.0. The van der Waals surface area contributed by atoms with Crippen molar-refractivity contribution in [3.05, 3.63) is 130 Å². The van der Waals surface area contributed by atoms with E-state index in [4.69, 9.17) is 0 Å². The van der Waals surface area contributed by atoms with Crippen LogP contribution in [-0.2, 0) is 19.5 Å². The molecule has 0 aliphatic carbocycles. The van der Waals surface area contributed by atoms with E-state index in [1.54, 1.807) is 23.2 Å². The van der Waals surface area contributed by atoms with E-state index < -0.39 is 0 Å². The summed E-state index contributed by atoms with van der Waals surface area (Å²) in [5, 5.41) is 0.536. The number of rotatable bonds is 7. The third kappa shape index (κ3) is 4.15. The first-order valence-corrected chi connectivity index (χ1v) is 11.0. The SMILES string of the molecule is O=c1c2ccccc2n(CCCn2ccnc2)c(=O)n1-c1ccccc1Cc1ccccc1. The number of aryl methyl sites for hydroxylation is 2. The molecular formula is C27H24N4O2. The molecule has 0 saturated heterocycles. The molecule has 2 aromatic heterocycles. The molecular weight excluding hydrogens is 412 g/mol. The van der Waals surface area contributed by atoms with Crippen LogP contribution >= 0.6 is 0 Å². The highest BCUT2D eigenvalue weighted by Crippen LogP contribution is 2.18. The summed E-state index contributed by atoms with van der Waals surface area (Å²) in [7, 11) is 0. The molecule has 0 spiro atoms. The highest BCUT2D eigenvalue weighted by atomic mass is 16.2. The molecule has 0 N–H and O–H groups in total. The van der Waals surface area contributed by atoms with E-state index in [0.29, 0.717) is 29.6 Å². The summed E-state index contributed by atoms with van der Waals surface area (Å²) < 4.78 is 5.03. The summed E-state index contributed by atoms with van der Waals surface area (Å²) in [6.45, 7) is 1.24. The number of benzene rings is 3. The monoisotopic (exact) mass is 436 g/mol. The van der Waals surface area contributed by atoms with Crippen LogP contribution in [0.3, 0.4) is 0 Å². The summed E-state index contributed by atoms with van der Waals surface area (Å²) in [6, 6.07) is 25.0. The maximum Gasteiger partial charge on any atom is 0.336 e. The van der Waals surface area contributed by atoms with Gasteiger partial charge in [0.2, 0.25) is 0 Å². The number of hydrogen-bond donors (Lipinski definition) is 0. The van der Waals surface area contributed by atoms with E-state index >= 15 is 0 Å². The van der Waals surface area contributed by atoms with Crippen molar-refractivity contribution in [1.82, 2.24) is 18.7 Å². The Hall–Kier alpha value is -4.19. The number of hydrogen-bond acceptors (Lipinski definition) is 3. The Morgan fingerprint density at radius 2 is 1.55 bits per heavy atom. The zero-order valence-electron chi connectivity index (χ0n) is 18.2. The van der Waals surface area contributed by atoms with Crippen LogP contribution in [0.15, 0.2) is 107 Å². The molecule has 2 heterocycles. The highest BCUT2D eigenvalue weighted by molar-refractivity contribution is 5.78.